The van der Waals surface area contributed by atoms with Gasteiger partial charge in [0.25, 0.3) is 11.8 Å². The first-order chi connectivity index (χ1) is 13.2. The zero-order valence-corrected chi connectivity index (χ0v) is 15.3. The van der Waals surface area contributed by atoms with E-state index in [4.69, 9.17) is 0 Å². The highest BCUT2D eigenvalue weighted by molar-refractivity contribution is 5.98. The van der Waals surface area contributed by atoms with Crippen LogP contribution in [0.15, 0.2) is 66.7 Å². The van der Waals surface area contributed by atoms with Crippen LogP contribution in [0.3, 0.4) is 0 Å². The maximum Gasteiger partial charge on any atom is 0.265 e. The SMILES string of the molecule is CCCNNC(=O)c1ccc(CNC(=O)c2ccc3ccccc3c2)cc1. The van der Waals surface area contributed by atoms with E-state index in [1.807, 2.05) is 61.5 Å². The lowest BCUT2D eigenvalue weighted by Gasteiger charge is -2.08. The van der Waals surface area contributed by atoms with Gasteiger partial charge in [0.05, 0.1) is 0 Å². The summed E-state index contributed by atoms with van der Waals surface area (Å²) < 4.78 is 0. The van der Waals surface area contributed by atoms with Crippen molar-refractivity contribution in [2.75, 3.05) is 6.54 Å². The zero-order chi connectivity index (χ0) is 19.1. The Kier molecular flexibility index (Phi) is 6.18. The molecule has 0 bridgehead atoms. The molecule has 0 aliphatic heterocycles. The number of hydrogen-bond acceptors (Lipinski definition) is 3. The van der Waals surface area contributed by atoms with Gasteiger partial charge in [-0.1, -0.05) is 49.4 Å². The van der Waals surface area contributed by atoms with Crippen molar-refractivity contribution < 1.29 is 9.59 Å². The summed E-state index contributed by atoms with van der Waals surface area (Å²) in [4.78, 5) is 24.3. The molecule has 3 aromatic rings. The lowest BCUT2D eigenvalue weighted by Crippen LogP contribution is -2.37. The summed E-state index contributed by atoms with van der Waals surface area (Å²) in [5.41, 5.74) is 7.65. The molecule has 27 heavy (non-hydrogen) atoms. The van der Waals surface area contributed by atoms with Crippen LogP contribution in [-0.2, 0) is 6.54 Å². The molecule has 0 fully saturated rings. The third kappa shape index (κ3) is 4.92. The van der Waals surface area contributed by atoms with Crippen molar-refractivity contribution in [3.8, 4) is 0 Å². The van der Waals surface area contributed by atoms with Gasteiger partial charge in [0.2, 0.25) is 0 Å². The van der Waals surface area contributed by atoms with E-state index in [0.29, 0.717) is 17.7 Å². The van der Waals surface area contributed by atoms with Crippen LogP contribution in [0.1, 0.15) is 39.6 Å². The van der Waals surface area contributed by atoms with Gasteiger partial charge in [-0.25, -0.2) is 5.43 Å². The third-order valence-corrected chi connectivity index (χ3v) is 4.26. The molecule has 5 heteroatoms. The Balaban J connectivity index is 1.57. The van der Waals surface area contributed by atoms with Crippen LogP contribution < -0.4 is 16.2 Å². The largest absolute Gasteiger partial charge is 0.348 e. The molecule has 2 amide bonds. The minimum atomic E-state index is -0.171. The number of carbonyl (C=O) groups is 2. The molecule has 0 aromatic heterocycles. The molecule has 0 radical (unpaired) electrons. The number of hydrogen-bond donors (Lipinski definition) is 3. The number of rotatable bonds is 7. The van der Waals surface area contributed by atoms with E-state index < -0.39 is 0 Å². The molecule has 0 spiro atoms. The Morgan fingerprint density at radius 1 is 0.815 bits per heavy atom. The summed E-state index contributed by atoms with van der Waals surface area (Å²) >= 11 is 0. The van der Waals surface area contributed by atoms with Crippen LogP contribution in [0, 0.1) is 0 Å². The first-order valence-corrected chi connectivity index (χ1v) is 9.06. The molecule has 0 aliphatic rings. The molecule has 0 saturated carbocycles. The number of amides is 2. The van der Waals surface area contributed by atoms with Crippen molar-refractivity contribution in [1.29, 1.82) is 0 Å². The second-order valence-corrected chi connectivity index (χ2v) is 6.32. The molecule has 0 saturated heterocycles. The Bertz CT molecular complexity index is 936. The molecular formula is C22H23N3O2. The van der Waals surface area contributed by atoms with Gasteiger partial charge in [-0.2, -0.15) is 0 Å². The Labute approximate surface area is 158 Å². The van der Waals surface area contributed by atoms with E-state index in [0.717, 1.165) is 29.3 Å². The summed E-state index contributed by atoms with van der Waals surface area (Å²) in [6.07, 6.45) is 0.941. The van der Waals surface area contributed by atoms with E-state index in [-0.39, 0.29) is 11.8 Å². The monoisotopic (exact) mass is 361 g/mol. The Hall–Kier alpha value is -3.18. The van der Waals surface area contributed by atoms with Crippen LogP contribution in [-0.4, -0.2) is 18.4 Å². The average molecular weight is 361 g/mol. The van der Waals surface area contributed by atoms with Gasteiger partial charge in [0.1, 0.15) is 0 Å². The second-order valence-electron chi connectivity index (χ2n) is 6.32. The number of carbonyl (C=O) groups excluding carboxylic acids is 2. The summed E-state index contributed by atoms with van der Waals surface area (Å²) in [6.45, 7) is 3.16. The summed E-state index contributed by atoms with van der Waals surface area (Å²) in [6, 6.07) is 20.8. The minimum absolute atomic E-state index is 0.119. The fourth-order valence-electron chi connectivity index (χ4n) is 2.73. The lowest BCUT2D eigenvalue weighted by molar-refractivity contribution is 0.0929. The van der Waals surface area contributed by atoms with Crippen molar-refractivity contribution in [1.82, 2.24) is 16.2 Å². The van der Waals surface area contributed by atoms with Crippen LogP contribution in [0.25, 0.3) is 10.8 Å². The van der Waals surface area contributed by atoms with E-state index in [1.54, 1.807) is 12.1 Å². The van der Waals surface area contributed by atoms with Crippen LogP contribution in [0.5, 0.6) is 0 Å². The highest BCUT2D eigenvalue weighted by Gasteiger charge is 2.07. The van der Waals surface area contributed by atoms with Gasteiger partial charge in [-0.05, 0) is 47.0 Å². The van der Waals surface area contributed by atoms with Gasteiger partial charge in [0, 0.05) is 24.2 Å². The molecule has 3 N–H and O–H groups in total. The summed E-state index contributed by atoms with van der Waals surface area (Å²) in [7, 11) is 0. The van der Waals surface area contributed by atoms with Gasteiger partial charge < -0.3 is 5.32 Å². The Morgan fingerprint density at radius 3 is 2.26 bits per heavy atom. The highest BCUT2D eigenvalue weighted by Crippen LogP contribution is 2.15. The molecular weight excluding hydrogens is 338 g/mol. The standard InChI is InChI=1S/C22H23N3O2/c1-2-13-24-25-22(27)18-9-7-16(8-10-18)15-23-21(26)20-12-11-17-5-3-4-6-19(17)14-20/h3-12,14,24H,2,13,15H2,1H3,(H,23,26)(H,25,27). The molecule has 3 aromatic carbocycles. The molecule has 0 aliphatic carbocycles. The molecule has 3 rings (SSSR count). The van der Waals surface area contributed by atoms with Crippen molar-refractivity contribution in [2.24, 2.45) is 0 Å². The molecule has 0 heterocycles. The predicted molar refractivity (Wildman–Crippen MR) is 107 cm³/mol. The maximum atomic E-state index is 12.4. The third-order valence-electron chi connectivity index (χ3n) is 4.26. The number of benzene rings is 3. The Morgan fingerprint density at radius 2 is 1.52 bits per heavy atom. The highest BCUT2D eigenvalue weighted by atomic mass is 16.2. The van der Waals surface area contributed by atoms with Crippen LogP contribution >= 0.6 is 0 Å². The topological polar surface area (TPSA) is 70.2 Å². The van der Waals surface area contributed by atoms with E-state index in [2.05, 4.69) is 16.2 Å². The fourth-order valence-corrected chi connectivity index (χ4v) is 2.73. The van der Waals surface area contributed by atoms with E-state index in [1.165, 1.54) is 0 Å². The van der Waals surface area contributed by atoms with Crippen molar-refractivity contribution >= 4 is 22.6 Å². The van der Waals surface area contributed by atoms with Crippen LogP contribution in [0.4, 0.5) is 0 Å². The first-order valence-electron chi connectivity index (χ1n) is 9.06. The van der Waals surface area contributed by atoms with Gasteiger partial charge >= 0.3 is 0 Å². The van der Waals surface area contributed by atoms with E-state index >= 15 is 0 Å². The zero-order valence-electron chi connectivity index (χ0n) is 15.3. The van der Waals surface area contributed by atoms with Crippen molar-refractivity contribution in [3.63, 3.8) is 0 Å². The molecule has 0 atom stereocenters. The smallest absolute Gasteiger partial charge is 0.265 e. The number of hydrazine groups is 1. The molecule has 5 nitrogen and oxygen atoms in total. The fraction of sp³-hybridized carbons (Fsp3) is 0.182. The predicted octanol–water partition coefficient (Wildman–Crippen LogP) is 3.41. The van der Waals surface area contributed by atoms with E-state index in [9.17, 15) is 9.59 Å². The lowest BCUT2D eigenvalue weighted by atomic mass is 10.1. The second kappa shape index (κ2) is 8.96. The normalized spacial score (nSPS) is 10.6. The average Bonchev–Trinajstić information content (AvgIpc) is 2.72. The van der Waals surface area contributed by atoms with Crippen molar-refractivity contribution in [2.45, 2.75) is 19.9 Å². The first kappa shape index (κ1) is 18.6. The van der Waals surface area contributed by atoms with Crippen LogP contribution in [0.2, 0.25) is 0 Å². The minimum Gasteiger partial charge on any atom is -0.348 e. The quantitative estimate of drug-likeness (QED) is 0.446. The van der Waals surface area contributed by atoms with Gasteiger partial charge in [-0.3, -0.25) is 15.0 Å². The molecule has 138 valence electrons. The molecule has 0 unspecified atom stereocenters. The maximum absolute atomic E-state index is 12.4. The van der Waals surface area contributed by atoms with Gasteiger partial charge in [0.15, 0.2) is 0 Å². The number of fused-ring (bicyclic) bond motifs is 1. The number of nitrogens with one attached hydrogen (secondary N) is 3. The summed E-state index contributed by atoms with van der Waals surface area (Å²) in [5.74, 6) is -0.290. The summed E-state index contributed by atoms with van der Waals surface area (Å²) in [5, 5.41) is 5.07. The van der Waals surface area contributed by atoms with Crippen molar-refractivity contribution in [3.05, 3.63) is 83.4 Å². The van der Waals surface area contributed by atoms with Gasteiger partial charge in [-0.15, -0.1) is 0 Å².